The number of esters is 1. The molecule has 28 heavy (non-hydrogen) atoms. The van der Waals surface area contributed by atoms with Gasteiger partial charge in [-0.25, -0.2) is 4.79 Å². The monoisotopic (exact) mass is 387 g/mol. The summed E-state index contributed by atoms with van der Waals surface area (Å²) in [6.07, 6.45) is -2.80. The van der Waals surface area contributed by atoms with E-state index in [0.29, 0.717) is 12.1 Å². The number of carbonyl (C=O) groups excluding carboxylic acids is 1. The largest absolute Gasteiger partial charge is 0.457 e. The quantitative estimate of drug-likeness (QED) is 0.629. The minimum atomic E-state index is -4.55. The predicted molar refractivity (Wildman–Crippen MR) is 97.1 cm³/mol. The molecule has 2 heterocycles. The van der Waals surface area contributed by atoms with E-state index in [4.69, 9.17) is 4.74 Å². The van der Waals surface area contributed by atoms with Gasteiger partial charge in [0.15, 0.2) is 0 Å². The lowest BCUT2D eigenvalue weighted by Crippen LogP contribution is -2.28. The van der Waals surface area contributed by atoms with Gasteiger partial charge in [0, 0.05) is 6.54 Å². The molecule has 0 radical (unpaired) electrons. The van der Waals surface area contributed by atoms with Crippen molar-refractivity contribution in [2.75, 3.05) is 0 Å². The van der Waals surface area contributed by atoms with Crippen molar-refractivity contribution in [3.8, 4) is 0 Å². The van der Waals surface area contributed by atoms with Gasteiger partial charge in [0.05, 0.1) is 22.2 Å². The van der Waals surface area contributed by atoms with Gasteiger partial charge in [-0.15, -0.1) is 0 Å². The fraction of sp³-hybridized carbons (Fsp3) is 0.238. The van der Waals surface area contributed by atoms with E-state index in [2.05, 4.69) is 0 Å². The number of aromatic nitrogens is 1. The Hall–Kier alpha value is -3.09. The summed E-state index contributed by atoms with van der Waals surface area (Å²) in [6, 6.07) is 11.5. The van der Waals surface area contributed by atoms with E-state index in [0.717, 1.165) is 47.5 Å². The van der Waals surface area contributed by atoms with E-state index in [-0.39, 0.29) is 17.7 Å². The summed E-state index contributed by atoms with van der Waals surface area (Å²) in [4.78, 5) is 25.0. The van der Waals surface area contributed by atoms with Gasteiger partial charge in [0.2, 0.25) is 0 Å². The molecule has 4 rings (SSSR count). The summed E-state index contributed by atoms with van der Waals surface area (Å²) in [5, 5.41) is 0.877. The summed E-state index contributed by atoms with van der Waals surface area (Å²) in [6.45, 7) is 0.288. The van der Waals surface area contributed by atoms with Crippen LogP contribution in [-0.4, -0.2) is 10.5 Å². The molecule has 1 aromatic heterocycles. The molecule has 1 aliphatic rings. The van der Waals surface area contributed by atoms with Crippen molar-refractivity contribution in [2.45, 2.75) is 32.2 Å². The Morgan fingerprint density at radius 3 is 2.68 bits per heavy atom. The van der Waals surface area contributed by atoms with E-state index in [9.17, 15) is 22.8 Å². The Morgan fingerprint density at radius 2 is 1.89 bits per heavy atom. The smallest absolute Gasteiger partial charge is 0.416 e. The molecule has 0 bridgehead atoms. The third kappa shape index (κ3) is 3.28. The van der Waals surface area contributed by atoms with E-state index in [1.807, 2.05) is 18.2 Å². The second kappa shape index (κ2) is 6.82. The molecule has 0 unspecified atom stereocenters. The van der Waals surface area contributed by atoms with Crippen molar-refractivity contribution in [1.29, 1.82) is 0 Å². The van der Waals surface area contributed by atoms with Gasteiger partial charge in [0.25, 0.3) is 5.56 Å². The molecule has 1 aliphatic heterocycles. The number of rotatable bonds is 3. The maximum atomic E-state index is 12.8. The number of halogens is 3. The molecular weight excluding hydrogens is 371 g/mol. The Balaban J connectivity index is 1.61. The zero-order valence-electron chi connectivity index (χ0n) is 14.8. The molecule has 0 atom stereocenters. The summed E-state index contributed by atoms with van der Waals surface area (Å²) >= 11 is 0. The van der Waals surface area contributed by atoms with Crippen LogP contribution in [0.3, 0.4) is 0 Å². The number of hydrogen-bond donors (Lipinski definition) is 0. The normalized spacial score (nSPS) is 13.5. The topological polar surface area (TPSA) is 48.3 Å². The summed E-state index contributed by atoms with van der Waals surface area (Å²) in [5.74, 6) is -0.905. The molecule has 4 nitrogen and oxygen atoms in total. The van der Waals surface area contributed by atoms with Crippen LogP contribution in [0.15, 0.2) is 53.3 Å². The molecular formula is C21H16F3NO3. The SMILES string of the molecule is O=C(OCc1cc2cccc3c2n(c1=O)CCC3)c1cccc(C(F)(F)F)c1. The molecule has 2 aromatic carbocycles. The van der Waals surface area contributed by atoms with Crippen LogP contribution in [0.1, 0.15) is 33.5 Å². The van der Waals surface area contributed by atoms with Crippen LogP contribution in [0.2, 0.25) is 0 Å². The van der Waals surface area contributed by atoms with Crippen LogP contribution in [0.5, 0.6) is 0 Å². The summed E-state index contributed by atoms with van der Waals surface area (Å²) < 4.78 is 45.2. The molecule has 0 saturated carbocycles. The first-order chi connectivity index (χ1) is 13.3. The third-order valence-electron chi connectivity index (χ3n) is 4.88. The maximum Gasteiger partial charge on any atom is 0.416 e. The number of hydrogen-bond acceptors (Lipinski definition) is 3. The van der Waals surface area contributed by atoms with Gasteiger partial charge < -0.3 is 9.30 Å². The highest BCUT2D eigenvalue weighted by atomic mass is 19.4. The fourth-order valence-corrected chi connectivity index (χ4v) is 3.58. The van der Waals surface area contributed by atoms with Crippen LogP contribution in [0, 0.1) is 0 Å². The Bertz CT molecular complexity index is 1130. The Morgan fingerprint density at radius 1 is 1.11 bits per heavy atom. The highest BCUT2D eigenvalue weighted by Gasteiger charge is 2.31. The van der Waals surface area contributed by atoms with Crippen LogP contribution in [-0.2, 0) is 30.5 Å². The average Bonchev–Trinajstić information content (AvgIpc) is 2.69. The minimum absolute atomic E-state index is 0.209. The van der Waals surface area contributed by atoms with Crippen LogP contribution in [0.4, 0.5) is 13.2 Å². The van der Waals surface area contributed by atoms with Crippen molar-refractivity contribution < 1.29 is 22.7 Å². The second-order valence-corrected chi connectivity index (χ2v) is 6.74. The van der Waals surface area contributed by atoms with E-state index in [1.54, 1.807) is 10.6 Å². The van der Waals surface area contributed by atoms with Crippen molar-refractivity contribution in [1.82, 2.24) is 4.57 Å². The van der Waals surface area contributed by atoms with Crippen molar-refractivity contribution in [2.24, 2.45) is 0 Å². The number of carbonyl (C=O) groups is 1. The zero-order chi connectivity index (χ0) is 19.9. The molecule has 0 fully saturated rings. The lowest BCUT2D eigenvalue weighted by molar-refractivity contribution is -0.137. The summed E-state index contributed by atoms with van der Waals surface area (Å²) in [7, 11) is 0. The van der Waals surface area contributed by atoms with Gasteiger partial charge >= 0.3 is 12.1 Å². The first-order valence-electron chi connectivity index (χ1n) is 8.83. The Kier molecular flexibility index (Phi) is 4.45. The lowest BCUT2D eigenvalue weighted by Gasteiger charge is -2.20. The average molecular weight is 387 g/mol. The number of alkyl halides is 3. The van der Waals surface area contributed by atoms with Gasteiger partial charge in [0.1, 0.15) is 6.61 Å². The number of aryl methyl sites for hydroxylation is 2. The van der Waals surface area contributed by atoms with Gasteiger partial charge in [-0.2, -0.15) is 13.2 Å². The molecule has 0 spiro atoms. The van der Waals surface area contributed by atoms with Crippen LogP contribution < -0.4 is 5.56 Å². The number of ether oxygens (including phenoxy) is 1. The molecule has 0 amide bonds. The predicted octanol–water partition coefficient (Wildman–Crippen LogP) is 4.32. The fourth-order valence-electron chi connectivity index (χ4n) is 3.58. The van der Waals surface area contributed by atoms with Crippen molar-refractivity contribution in [3.05, 3.63) is 81.1 Å². The zero-order valence-corrected chi connectivity index (χ0v) is 14.8. The highest BCUT2D eigenvalue weighted by molar-refractivity contribution is 5.89. The van der Waals surface area contributed by atoms with E-state index in [1.165, 1.54) is 6.07 Å². The molecule has 3 aromatic rings. The number of pyridine rings is 1. The van der Waals surface area contributed by atoms with Crippen molar-refractivity contribution in [3.63, 3.8) is 0 Å². The number of nitrogens with zero attached hydrogens (tertiary/aromatic N) is 1. The highest BCUT2D eigenvalue weighted by Crippen LogP contribution is 2.30. The standard InChI is InChI=1S/C21H16F3NO3/c22-21(23,24)17-8-2-6-15(11-17)20(27)28-12-16-10-14-5-1-4-13-7-3-9-25(18(13)14)19(16)26/h1-2,4-6,8,10-11H,3,7,9,12H2. The first kappa shape index (κ1) is 18.3. The molecule has 0 N–H and O–H groups in total. The van der Waals surface area contributed by atoms with E-state index < -0.39 is 17.7 Å². The molecule has 0 saturated heterocycles. The summed E-state index contributed by atoms with van der Waals surface area (Å²) in [5.41, 5.74) is 0.924. The minimum Gasteiger partial charge on any atom is -0.457 e. The van der Waals surface area contributed by atoms with Gasteiger partial charge in [-0.1, -0.05) is 24.3 Å². The molecule has 7 heteroatoms. The number of benzene rings is 2. The second-order valence-electron chi connectivity index (χ2n) is 6.74. The van der Waals surface area contributed by atoms with Crippen molar-refractivity contribution >= 4 is 16.9 Å². The first-order valence-corrected chi connectivity index (χ1v) is 8.83. The lowest BCUT2D eigenvalue weighted by atomic mass is 10.0. The molecule has 144 valence electrons. The van der Waals surface area contributed by atoms with Gasteiger partial charge in [-0.05, 0) is 48.1 Å². The third-order valence-corrected chi connectivity index (χ3v) is 4.88. The maximum absolute atomic E-state index is 12.8. The van der Waals surface area contributed by atoms with Gasteiger partial charge in [-0.3, -0.25) is 4.79 Å². The molecule has 0 aliphatic carbocycles. The Labute approximate surface area is 158 Å². The number of para-hydroxylation sites is 1. The van der Waals surface area contributed by atoms with Crippen LogP contribution >= 0.6 is 0 Å². The van der Waals surface area contributed by atoms with Crippen LogP contribution in [0.25, 0.3) is 10.9 Å². The van der Waals surface area contributed by atoms with E-state index >= 15 is 0 Å².